The highest BCUT2D eigenvalue weighted by atomic mass is 16.5. The molecule has 0 saturated carbocycles. The van der Waals surface area contributed by atoms with Crippen LogP contribution in [0.15, 0.2) is 18.2 Å². The molecule has 1 aliphatic rings. The van der Waals surface area contributed by atoms with Crippen molar-refractivity contribution < 1.29 is 4.74 Å². The van der Waals surface area contributed by atoms with E-state index in [1.807, 2.05) is 12.1 Å². The SMILES string of the molecule is COc1ccc2cc(C[C@H]3CCCN3)[nH]c2n1. The topological polar surface area (TPSA) is 49.9 Å². The number of nitrogens with one attached hydrogen (secondary N) is 2. The number of H-pyrrole nitrogens is 1. The summed E-state index contributed by atoms with van der Waals surface area (Å²) in [5, 5.41) is 4.66. The summed E-state index contributed by atoms with van der Waals surface area (Å²) in [7, 11) is 1.64. The first-order valence-electron chi connectivity index (χ1n) is 6.11. The Morgan fingerprint density at radius 3 is 3.18 bits per heavy atom. The van der Waals surface area contributed by atoms with Crippen molar-refractivity contribution >= 4 is 11.0 Å². The lowest BCUT2D eigenvalue weighted by Crippen LogP contribution is -2.23. The highest BCUT2D eigenvalue weighted by Gasteiger charge is 2.15. The number of aromatic nitrogens is 2. The molecule has 0 spiro atoms. The number of aromatic amines is 1. The second kappa shape index (κ2) is 4.37. The Balaban J connectivity index is 1.85. The summed E-state index contributed by atoms with van der Waals surface area (Å²) in [5.74, 6) is 0.657. The van der Waals surface area contributed by atoms with Gasteiger partial charge in [0, 0.05) is 29.6 Å². The van der Waals surface area contributed by atoms with Gasteiger partial charge in [-0.15, -0.1) is 0 Å². The number of methoxy groups -OCH3 is 1. The lowest BCUT2D eigenvalue weighted by molar-refractivity contribution is 0.399. The Morgan fingerprint density at radius 1 is 1.47 bits per heavy atom. The Bertz CT molecular complexity index is 514. The third kappa shape index (κ3) is 2.13. The molecular weight excluding hydrogens is 214 g/mol. The highest BCUT2D eigenvalue weighted by Crippen LogP contribution is 2.19. The summed E-state index contributed by atoms with van der Waals surface area (Å²) >= 11 is 0. The minimum absolute atomic E-state index is 0.616. The van der Waals surface area contributed by atoms with Gasteiger partial charge in [0.25, 0.3) is 0 Å². The van der Waals surface area contributed by atoms with Crippen LogP contribution in [0.1, 0.15) is 18.5 Å². The van der Waals surface area contributed by atoms with Gasteiger partial charge in [0.05, 0.1) is 7.11 Å². The minimum Gasteiger partial charge on any atom is -0.481 e. The van der Waals surface area contributed by atoms with Gasteiger partial charge < -0.3 is 15.0 Å². The molecule has 3 rings (SSSR count). The highest BCUT2D eigenvalue weighted by molar-refractivity contribution is 5.77. The van der Waals surface area contributed by atoms with Crippen molar-refractivity contribution in [3.8, 4) is 5.88 Å². The van der Waals surface area contributed by atoms with Gasteiger partial charge in [0.1, 0.15) is 5.65 Å². The van der Waals surface area contributed by atoms with Crippen molar-refractivity contribution in [1.29, 1.82) is 0 Å². The maximum absolute atomic E-state index is 5.12. The van der Waals surface area contributed by atoms with Crippen LogP contribution in [0.4, 0.5) is 0 Å². The van der Waals surface area contributed by atoms with E-state index >= 15 is 0 Å². The molecular formula is C13H17N3O. The van der Waals surface area contributed by atoms with Crippen molar-refractivity contribution in [2.45, 2.75) is 25.3 Å². The molecule has 0 radical (unpaired) electrons. The maximum atomic E-state index is 5.12. The van der Waals surface area contributed by atoms with E-state index in [0.717, 1.165) is 24.0 Å². The Labute approximate surface area is 100 Å². The molecule has 1 aliphatic heterocycles. The first-order valence-corrected chi connectivity index (χ1v) is 6.11. The monoisotopic (exact) mass is 231 g/mol. The van der Waals surface area contributed by atoms with Crippen LogP contribution in [0.3, 0.4) is 0 Å². The van der Waals surface area contributed by atoms with Gasteiger partial charge in [-0.3, -0.25) is 0 Å². The minimum atomic E-state index is 0.616. The largest absolute Gasteiger partial charge is 0.481 e. The summed E-state index contributed by atoms with van der Waals surface area (Å²) in [6.07, 6.45) is 3.61. The molecule has 3 heterocycles. The molecule has 0 aliphatic carbocycles. The Hall–Kier alpha value is -1.55. The first kappa shape index (κ1) is 10.6. The fourth-order valence-electron chi connectivity index (χ4n) is 2.46. The average molecular weight is 231 g/mol. The van der Waals surface area contributed by atoms with Crippen LogP contribution >= 0.6 is 0 Å². The van der Waals surface area contributed by atoms with Crippen LogP contribution in [0.25, 0.3) is 11.0 Å². The van der Waals surface area contributed by atoms with E-state index in [1.54, 1.807) is 7.11 Å². The average Bonchev–Trinajstić information content (AvgIpc) is 2.96. The summed E-state index contributed by atoms with van der Waals surface area (Å²) in [6.45, 7) is 1.15. The summed E-state index contributed by atoms with van der Waals surface area (Å²) < 4.78 is 5.12. The number of nitrogens with zero attached hydrogens (tertiary/aromatic N) is 1. The van der Waals surface area contributed by atoms with E-state index in [1.165, 1.54) is 18.5 Å². The number of hydrogen-bond acceptors (Lipinski definition) is 3. The van der Waals surface area contributed by atoms with E-state index in [9.17, 15) is 0 Å². The smallest absolute Gasteiger partial charge is 0.214 e. The molecule has 4 nitrogen and oxygen atoms in total. The van der Waals surface area contributed by atoms with Crippen LogP contribution < -0.4 is 10.1 Å². The fourth-order valence-corrected chi connectivity index (χ4v) is 2.46. The van der Waals surface area contributed by atoms with Crippen LogP contribution in [0.5, 0.6) is 5.88 Å². The number of hydrogen-bond donors (Lipinski definition) is 2. The van der Waals surface area contributed by atoms with E-state index in [-0.39, 0.29) is 0 Å². The molecule has 0 bridgehead atoms. The molecule has 1 atom stereocenters. The van der Waals surface area contributed by atoms with Gasteiger partial charge in [0.15, 0.2) is 0 Å². The zero-order valence-corrected chi connectivity index (χ0v) is 9.99. The molecule has 0 aromatic carbocycles. The van der Waals surface area contributed by atoms with Crippen LogP contribution in [0, 0.1) is 0 Å². The van der Waals surface area contributed by atoms with Gasteiger partial charge in [-0.2, -0.15) is 4.98 Å². The van der Waals surface area contributed by atoms with Crippen molar-refractivity contribution in [2.24, 2.45) is 0 Å². The predicted octanol–water partition coefficient (Wildman–Crippen LogP) is 1.87. The van der Waals surface area contributed by atoms with Gasteiger partial charge in [-0.1, -0.05) is 0 Å². The van der Waals surface area contributed by atoms with Gasteiger partial charge in [0.2, 0.25) is 5.88 Å². The fraction of sp³-hybridized carbons (Fsp3) is 0.462. The zero-order valence-electron chi connectivity index (χ0n) is 9.99. The van der Waals surface area contributed by atoms with Gasteiger partial charge in [-0.05, 0) is 31.5 Å². The molecule has 2 N–H and O–H groups in total. The zero-order chi connectivity index (χ0) is 11.7. The van der Waals surface area contributed by atoms with Crippen molar-refractivity contribution in [1.82, 2.24) is 15.3 Å². The molecule has 4 heteroatoms. The molecule has 2 aromatic rings. The second-order valence-electron chi connectivity index (χ2n) is 4.58. The lowest BCUT2D eigenvalue weighted by atomic mass is 10.1. The van der Waals surface area contributed by atoms with Crippen LogP contribution in [-0.2, 0) is 6.42 Å². The van der Waals surface area contributed by atoms with Crippen molar-refractivity contribution in [3.05, 3.63) is 23.9 Å². The molecule has 0 amide bonds. The third-order valence-electron chi connectivity index (χ3n) is 3.35. The standard InChI is InChI=1S/C13H17N3O/c1-17-12-5-4-9-7-11(15-13(9)16-12)8-10-3-2-6-14-10/h4-5,7,10,14H,2-3,6,8H2,1H3,(H,15,16)/t10-/m1/s1. The molecule has 0 unspecified atom stereocenters. The molecule has 17 heavy (non-hydrogen) atoms. The number of rotatable bonds is 3. The van der Waals surface area contributed by atoms with Crippen molar-refractivity contribution in [3.63, 3.8) is 0 Å². The van der Waals surface area contributed by atoms with E-state index in [2.05, 4.69) is 21.4 Å². The summed E-state index contributed by atoms with van der Waals surface area (Å²) in [6, 6.07) is 6.74. The molecule has 1 saturated heterocycles. The number of pyridine rings is 1. The molecule has 1 fully saturated rings. The van der Waals surface area contributed by atoms with Crippen LogP contribution in [-0.4, -0.2) is 29.7 Å². The second-order valence-corrected chi connectivity index (χ2v) is 4.58. The predicted molar refractivity (Wildman–Crippen MR) is 67.4 cm³/mol. The van der Waals surface area contributed by atoms with Crippen LogP contribution in [0.2, 0.25) is 0 Å². The Morgan fingerprint density at radius 2 is 2.41 bits per heavy atom. The lowest BCUT2D eigenvalue weighted by Gasteiger charge is -2.07. The summed E-state index contributed by atoms with van der Waals surface area (Å²) in [4.78, 5) is 7.76. The number of fused-ring (bicyclic) bond motifs is 1. The normalized spacial score (nSPS) is 19.9. The van der Waals surface area contributed by atoms with Gasteiger partial charge >= 0.3 is 0 Å². The van der Waals surface area contributed by atoms with E-state index < -0.39 is 0 Å². The summed E-state index contributed by atoms with van der Waals surface area (Å²) in [5.41, 5.74) is 2.16. The van der Waals surface area contributed by atoms with E-state index in [0.29, 0.717) is 11.9 Å². The first-order chi connectivity index (χ1) is 8.35. The molecule has 2 aromatic heterocycles. The quantitative estimate of drug-likeness (QED) is 0.847. The third-order valence-corrected chi connectivity index (χ3v) is 3.35. The van der Waals surface area contributed by atoms with Crippen molar-refractivity contribution in [2.75, 3.05) is 13.7 Å². The van der Waals surface area contributed by atoms with E-state index in [4.69, 9.17) is 4.74 Å². The Kier molecular flexibility index (Phi) is 2.73. The maximum Gasteiger partial charge on any atom is 0.214 e. The number of ether oxygens (including phenoxy) is 1. The van der Waals surface area contributed by atoms with Gasteiger partial charge in [-0.25, -0.2) is 0 Å². The molecule has 90 valence electrons.